The summed E-state index contributed by atoms with van der Waals surface area (Å²) in [5.74, 6) is 1.11. The van der Waals surface area contributed by atoms with Crippen LogP contribution in [0.25, 0.3) is 10.9 Å². The molecule has 1 aliphatic heterocycles. The summed E-state index contributed by atoms with van der Waals surface area (Å²) in [5, 5.41) is 4.21. The van der Waals surface area contributed by atoms with Gasteiger partial charge in [0.25, 0.3) is 0 Å². The maximum atomic E-state index is 13.5. The summed E-state index contributed by atoms with van der Waals surface area (Å²) >= 11 is 0. The Kier molecular flexibility index (Phi) is 7.49. The second-order valence-corrected chi connectivity index (χ2v) is 10.2. The fourth-order valence-electron chi connectivity index (χ4n) is 5.40. The summed E-state index contributed by atoms with van der Waals surface area (Å²) in [6, 6.07) is 32.7. The summed E-state index contributed by atoms with van der Waals surface area (Å²) in [6.07, 6.45) is 2.98. The quantitative estimate of drug-likeness (QED) is 0.235. The molecule has 0 bridgehead atoms. The minimum atomic E-state index is -0.246. The van der Waals surface area contributed by atoms with Crippen LogP contribution in [0, 0.1) is 5.82 Å². The normalized spacial score (nSPS) is 15.1. The molecule has 0 saturated carbocycles. The van der Waals surface area contributed by atoms with E-state index in [1.165, 1.54) is 17.7 Å². The van der Waals surface area contributed by atoms with Gasteiger partial charge in [0.2, 0.25) is 5.91 Å². The number of nitrogens with zero attached hydrogens (tertiary/aromatic N) is 1. The third kappa shape index (κ3) is 5.86. The summed E-state index contributed by atoms with van der Waals surface area (Å²) in [4.78, 5) is 13.3. The van der Waals surface area contributed by atoms with Gasteiger partial charge in [0, 0.05) is 30.1 Å². The van der Waals surface area contributed by atoms with Crippen LogP contribution in [0.1, 0.15) is 29.0 Å². The molecular weight excluding hydrogens is 503 g/mol. The first kappa shape index (κ1) is 25.7. The first-order chi connectivity index (χ1) is 19.6. The van der Waals surface area contributed by atoms with Gasteiger partial charge in [0.15, 0.2) is 11.5 Å². The highest BCUT2D eigenvalue weighted by Gasteiger charge is 2.24. The number of halogens is 1. The average molecular weight is 535 g/mol. The van der Waals surface area contributed by atoms with Crippen molar-refractivity contribution in [1.29, 1.82) is 0 Å². The van der Waals surface area contributed by atoms with Crippen LogP contribution < -0.4 is 14.8 Å². The summed E-state index contributed by atoms with van der Waals surface area (Å²) in [5.41, 5.74) is 4.41. The fraction of sp³-hybridized carbons (Fsp3) is 0.206. The van der Waals surface area contributed by atoms with Gasteiger partial charge in [-0.25, -0.2) is 4.39 Å². The monoisotopic (exact) mass is 534 g/mol. The second-order valence-electron chi connectivity index (χ2n) is 10.2. The molecule has 40 heavy (non-hydrogen) atoms. The van der Waals surface area contributed by atoms with Crippen molar-refractivity contribution in [2.75, 3.05) is 13.2 Å². The van der Waals surface area contributed by atoms with Crippen molar-refractivity contribution in [3.8, 4) is 11.5 Å². The van der Waals surface area contributed by atoms with Crippen molar-refractivity contribution in [1.82, 2.24) is 9.88 Å². The lowest BCUT2D eigenvalue weighted by atomic mass is 9.88. The van der Waals surface area contributed by atoms with Gasteiger partial charge >= 0.3 is 0 Å². The molecule has 0 unspecified atom stereocenters. The Labute approximate surface area is 233 Å². The number of carbonyl (C=O) groups is 1. The van der Waals surface area contributed by atoms with Gasteiger partial charge in [-0.3, -0.25) is 4.79 Å². The molecule has 5 nitrogen and oxygen atoms in total. The number of aromatic nitrogens is 1. The van der Waals surface area contributed by atoms with Crippen LogP contribution in [-0.2, 0) is 17.8 Å². The Morgan fingerprint density at radius 3 is 2.42 bits per heavy atom. The third-order valence-corrected chi connectivity index (χ3v) is 7.38. The zero-order valence-corrected chi connectivity index (χ0v) is 22.1. The Morgan fingerprint density at radius 1 is 0.875 bits per heavy atom. The standard InChI is InChI=1S/C34H31FN2O3/c35-27-16-14-25(15-17-27)21-37-22-30(29-10-4-5-11-31(29)37)26(18-24-8-2-1-3-9-24)19-34(38)36-20-28-23-39-32-12-6-7-13-33(32)40-28/h1-17,22,26,28H,18-21,23H2,(H,36,38)/t26-,28-/m0/s1. The molecule has 0 saturated heterocycles. The van der Waals surface area contributed by atoms with E-state index in [-0.39, 0.29) is 23.7 Å². The van der Waals surface area contributed by atoms with Crippen LogP contribution in [0.15, 0.2) is 109 Å². The number of hydrogen-bond donors (Lipinski definition) is 1. The molecular formula is C34H31FN2O3. The molecule has 5 aromatic rings. The van der Waals surface area contributed by atoms with Gasteiger partial charge in [-0.2, -0.15) is 0 Å². The molecule has 6 rings (SSSR count). The van der Waals surface area contributed by atoms with Gasteiger partial charge in [-0.15, -0.1) is 0 Å². The lowest BCUT2D eigenvalue weighted by Gasteiger charge is -2.26. The Hall–Kier alpha value is -4.58. The predicted molar refractivity (Wildman–Crippen MR) is 154 cm³/mol. The highest BCUT2D eigenvalue weighted by Crippen LogP contribution is 2.34. The van der Waals surface area contributed by atoms with Crippen LogP contribution in [0.3, 0.4) is 0 Å². The molecule has 0 spiro atoms. The van der Waals surface area contributed by atoms with Crippen molar-refractivity contribution >= 4 is 16.8 Å². The smallest absolute Gasteiger partial charge is 0.220 e. The molecule has 1 aromatic heterocycles. The Bertz CT molecular complexity index is 1600. The topological polar surface area (TPSA) is 52.5 Å². The molecule has 202 valence electrons. The van der Waals surface area contributed by atoms with E-state index in [1.807, 2.05) is 66.7 Å². The van der Waals surface area contributed by atoms with E-state index in [1.54, 1.807) is 0 Å². The summed E-state index contributed by atoms with van der Waals surface area (Å²) < 4.78 is 27.5. The second kappa shape index (κ2) is 11.7. The van der Waals surface area contributed by atoms with E-state index >= 15 is 0 Å². The number of carbonyl (C=O) groups excluding carboxylic acids is 1. The molecule has 6 heteroatoms. The number of benzene rings is 4. The van der Waals surface area contributed by atoms with Crippen LogP contribution in [0.5, 0.6) is 11.5 Å². The third-order valence-electron chi connectivity index (χ3n) is 7.38. The van der Waals surface area contributed by atoms with E-state index in [0.717, 1.165) is 34.2 Å². The van der Waals surface area contributed by atoms with Gasteiger partial charge in [-0.1, -0.05) is 72.8 Å². The highest BCUT2D eigenvalue weighted by molar-refractivity contribution is 5.86. The molecule has 1 N–H and O–H groups in total. The number of fused-ring (bicyclic) bond motifs is 2. The Balaban J connectivity index is 1.23. The summed E-state index contributed by atoms with van der Waals surface area (Å²) in [7, 11) is 0. The lowest BCUT2D eigenvalue weighted by molar-refractivity contribution is -0.122. The minimum absolute atomic E-state index is 0.0289. The molecule has 1 amide bonds. The van der Waals surface area contributed by atoms with Crippen LogP contribution in [0.4, 0.5) is 4.39 Å². The zero-order chi connectivity index (χ0) is 27.3. The van der Waals surface area contributed by atoms with Crippen LogP contribution in [-0.4, -0.2) is 29.7 Å². The highest BCUT2D eigenvalue weighted by atomic mass is 19.1. The Morgan fingerprint density at radius 2 is 1.60 bits per heavy atom. The minimum Gasteiger partial charge on any atom is -0.486 e. The number of ether oxygens (including phenoxy) is 2. The summed E-state index contributed by atoms with van der Waals surface area (Å²) in [6.45, 7) is 1.38. The van der Waals surface area contributed by atoms with E-state index in [9.17, 15) is 9.18 Å². The molecule has 0 fully saturated rings. The number of para-hydroxylation sites is 3. The maximum absolute atomic E-state index is 13.5. The van der Waals surface area contributed by atoms with E-state index in [0.29, 0.717) is 31.9 Å². The van der Waals surface area contributed by atoms with Crippen molar-refractivity contribution in [2.24, 2.45) is 0 Å². The predicted octanol–water partition coefficient (Wildman–Crippen LogP) is 6.50. The molecule has 2 atom stereocenters. The number of rotatable bonds is 9. The van der Waals surface area contributed by atoms with Crippen LogP contribution >= 0.6 is 0 Å². The van der Waals surface area contributed by atoms with Crippen molar-refractivity contribution in [2.45, 2.75) is 31.4 Å². The first-order valence-electron chi connectivity index (χ1n) is 13.6. The zero-order valence-electron chi connectivity index (χ0n) is 22.1. The van der Waals surface area contributed by atoms with Crippen molar-refractivity contribution in [3.05, 3.63) is 132 Å². The fourth-order valence-corrected chi connectivity index (χ4v) is 5.40. The molecule has 1 aliphatic rings. The number of nitrogens with one attached hydrogen (secondary N) is 1. The van der Waals surface area contributed by atoms with Gasteiger partial charge in [0.05, 0.1) is 6.54 Å². The van der Waals surface area contributed by atoms with Gasteiger partial charge in [-0.05, 0) is 59.4 Å². The lowest BCUT2D eigenvalue weighted by Crippen LogP contribution is -2.41. The molecule has 2 heterocycles. The van der Waals surface area contributed by atoms with Gasteiger partial charge < -0.3 is 19.4 Å². The van der Waals surface area contributed by atoms with Crippen LogP contribution in [0.2, 0.25) is 0 Å². The molecule has 0 aliphatic carbocycles. The van der Waals surface area contributed by atoms with E-state index in [4.69, 9.17) is 9.47 Å². The average Bonchev–Trinajstić information content (AvgIpc) is 3.35. The SMILES string of the molecule is O=C(C[C@H](Cc1ccccc1)c1cn(Cc2ccc(F)cc2)c2ccccc12)NC[C@H]1COc2ccccc2O1. The number of amides is 1. The van der Waals surface area contributed by atoms with Gasteiger partial charge in [0.1, 0.15) is 18.5 Å². The van der Waals surface area contributed by atoms with Crippen molar-refractivity contribution < 1.29 is 18.7 Å². The molecule has 0 radical (unpaired) electrons. The van der Waals surface area contributed by atoms with E-state index < -0.39 is 0 Å². The van der Waals surface area contributed by atoms with E-state index in [2.05, 4.69) is 40.3 Å². The molecule has 4 aromatic carbocycles. The largest absolute Gasteiger partial charge is 0.486 e. The van der Waals surface area contributed by atoms with Crippen molar-refractivity contribution in [3.63, 3.8) is 0 Å². The first-order valence-corrected chi connectivity index (χ1v) is 13.6. The maximum Gasteiger partial charge on any atom is 0.220 e. The number of hydrogen-bond acceptors (Lipinski definition) is 3.